The summed E-state index contributed by atoms with van der Waals surface area (Å²) in [4.78, 5) is 10.4. The average Bonchev–Trinajstić information content (AvgIpc) is 3.29. The minimum atomic E-state index is 0.574. The Bertz CT molecular complexity index is 736. The Morgan fingerprint density at radius 1 is 1.29 bits per heavy atom. The van der Waals surface area contributed by atoms with E-state index in [0.717, 1.165) is 60.8 Å². The van der Waals surface area contributed by atoms with Crippen molar-refractivity contribution in [3.8, 4) is 0 Å². The van der Waals surface area contributed by atoms with Crippen LogP contribution in [0.3, 0.4) is 0 Å². The fourth-order valence-corrected chi connectivity index (χ4v) is 4.04. The zero-order chi connectivity index (χ0) is 20.4. The lowest BCUT2D eigenvalue weighted by molar-refractivity contribution is 0.477. The summed E-state index contributed by atoms with van der Waals surface area (Å²) in [7, 11) is 0. The monoisotopic (exact) mass is 423 g/mol. The van der Waals surface area contributed by atoms with Crippen LogP contribution in [0.25, 0.3) is 0 Å². The molecular formula is C19H33N7S2. The highest BCUT2D eigenvalue weighted by Crippen LogP contribution is 2.17. The van der Waals surface area contributed by atoms with Crippen molar-refractivity contribution in [2.45, 2.75) is 65.2 Å². The number of thioether (sulfide) groups is 1. The number of aromatic nitrogens is 4. The molecule has 2 N–H and O–H groups in total. The molecule has 0 radical (unpaired) electrons. The van der Waals surface area contributed by atoms with Gasteiger partial charge in [-0.2, -0.15) is 0 Å². The molecule has 0 atom stereocenters. The molecular weight excluding hydrogens is 390 g/mol. The van der Waals surface area contributed by atoms with Crippen molar-refractivity contribution in [2.24, 2.45) is 10.9 Å². The maximum absolute atomic E-state index is 4.66. The molecule has 0 saturated heterocycles. The van der Waals surface area contributed by atoms with Gasteiger partial charge in [-0.15, -0.1) is 21.5 Å². The molecule has 0 saturated carbocycles. The van der Waals surface area contributed by atoms with Gasteiger partial charge in [0, 0.05) is 37.1 Å². The summed E-state index contributed by atoms with van der Waals surface area (Å²) in [6.07, 6.45) is 6.91. The molecule has 0 unspecified atom stereocenters. The quantitative estimate of drug-likeness (QED) is 0.250. The summed E-state index contributed by atoms with van der Waals surface area (Å²) in [6, 6.07) is 0. The number of nitrogens with one attached hydrogen (secondary N) is 2. The predicted octanol–water partition coefficient (Wildman–Crippen LogP) is 3.36. The van der Waals surface area contributed by atoms with Crippen molar-refractivity contribution in [3.05, 3.63) is 21.9 Å². The Morgan fingerprint density at radius 2 is 2.11 bits per heavy atom. The van der Waals surface area contributed by atoms with Gasteiger partial charge < -0.3 is 15.2 Å². The fraction of sp³-hybridized carbons (Fsp3) is 0.684. The first-order valence-electron chi connectivity index (χ1n) is 9.99. The van der Waals surface area contributed by atoms with Gasteiger partial charge in [-0.25, -0.2) is 9.98 Å². The first kappa shape index (κ1) is 22.7. The van der Waals surface area contributed by atoms with Crippen LogP contribution >= 0.6 is 23.1 Å². The molecule has 0 spiro atoms. The molecule has 2 aromatic heterocycles. The van der Waals surface area contributed by atoms with Gasteiger partial charge in [-0.3, -0.25) is 0 Å². The van der Waals surface area contributed by atoms with E-state index in [0.29, 0.717) is 12.5 Å². The van der Waals surface area contributed by atoms with Crippen molar-refractivity contribution >= 4 is 29.1 Å². The van der Waals surface area contributed by atoms with Gasteiger partial charge in [-0.1, -0.05) is 32.5 Å². The third kappa shape index (κ3) is 7.09. The van der Waals surface area contributed by atoms with E-state index >= 15 is 0 Å². The lowest BCUT2D eigenvalue weighted by Gasteiger charge is -2.13. The van der Waals surface area contributed by atoms with Crippen LogP contribution in [0.1, 0.15) is 49.8 Å². The molecule has 2 heterocycles. The van der Waals surface area contributed by atoms with Crippen molar-refractivity contribution < 1.29 is 0 Å². The normalized spacial score (nSPS) is 12.0. The third-order valence-electron chi connectivity index (χ3n) is 4.06. The predicted molar refractivity (Wildman–Crippen MR) is 119 cm³/mol. The second-order valence-corrected chi connectivity index (χ2v) is 8.88. The van der Waals surface area contributed by atoms with Crippen LogP contribution < -0.4 is 10.6 Å². The van der Waals surface area contributed by atoms with E-state index in [1.807, 2.05) is 6.20 Å². The van der Waals surface area contributed by atoms with Crippen LogP contribution in [-0.2, 0) is 25.9 Å². The van der Waals surface area contributed by atoms with Crippen molar-refractivity contribution in [2.75, 3.05) is 19.3 Å². The SMILES string of the molecule is CCNC(=NCc1ncc(CC)s1)NCCCc1nnc(SC)n1CC(C)C. The number of nitrogens with zero attached hydrogens (tertiary/aromatic N) is 5. The van der Waals surface area contributed by atoms with E-state index in [1.165, 1.54) is 4.88 Å². The second-order valence-electron chi connectivity index (χ2n) is 6.91. The second kappa shape index (κ2) is 12.1. The van der Waals surface area contributed by atoms with Gasteiger partial charge in [0.2, 0.25) is 0 Å². The number of aliphatic imine (C=N–C) groups is 1. The standard InChI is InChI=1S/C19H33N7S2/c1-6-15-11-22-17(28-15)12-23-18(20-7-2)21-10-8-9-16-24-25-19(27-5)26(16)13-14(3)4/h11,14H,6-10,12-13H2,1-5H3,(H2,20,21,23). The van der Waals surface area contributed by atoms with E-state index in [9.17, 15) is 0 Å². The summed E-state index contributed by atoms with van der Waals surface area (Å²) in [6.45, 7) is 11.9. The first-order valence-corrected chi connectivity index (χ1v) is 12.0. The Labute approximate surface area is 176 Å². The van der Waals surface area contributed by atoms with Crippen LogP contribution in [0.2, 0.25) is 0 Å². The highest BCUT2D eigenvalue weighted by Gasteiger charge is 2.12. The minimum Gasteiger partial charge on any atom is -0.357 e. The zero-order valence-corrected chi connectivity index (χ0v) is 19.3. The van der Waals surface area contributed by atoms with E-state index in [-0.39, 0.29) is 0 Å². The minimum absolute atomic E-state index is 0.574. The number of thiazole rings is 1. The highest BCUT2D eigenvalue weighted by atomic mass is 32.2. The van der Waals surface area contributed by atoms with E-state index in [1.54, 1.807) is 23.1 Å². The fourth-order valence-electron chi connectivity index (χ4n) is 2.73. The summed E-state index contributed by atoms with van der Waals surface area (Å²) >= 11 is 3.39. The first-order chi connectivity index (χ1) is 13.6. The Kier molecular flexibility index (Phi) is 9.77. The van der Waals surface area contributed by atoms with Crippen LogP contribution in [0.15, 0.2) is 16.3 Å². The van der Waals surface area contributed by atoms with E-state index in [4.69, 9.17) is 0 Å². The van der Waals surface area contributed by atoms with Gasteiger partial charge in [0.1, 0.15) is 10.8 Å². The van der Waals surface area contributed by atoms with Gasteiger partial charge in [0.25, 0.3) is 0 Å². The van der Waals surface area contributed by atoms with Crippen molar-refractivity contribution in [3.63, 3.8) is 0 Å². The van der Waals surface area contributed by atoms with Crippen molar-refractivity contribution in [1.82, 2.24) is 30.4 Å². The lowest BCUT2D eigenvalue weighted by atomic mass is 10.2. The number of aryl methyl sites for hydroxylation is 2. The molecule has 0 aliphatic rings. The largest absolute Gasteiger partial charge is 0.357 e. The number of guanidine groups is 1. The van der Waals surface area contributed by atoms with Gasteiger partial charge in [0.05, 0.1) is 6.54 Å². The highest BCUT2D eigenvalue weighted by molar-refractivity contribution is 7.98. The molecule has 28 heavy (non-hydrogen) atoms. The molecule has 0 aliphatic heterocycles. The number of rotatable bonds is 11. The molecule has 156 valence electrons. The Morgan fingerprint density at radius 3 is 2.75 bits per heavy atom. The zero-order valence-electron chi connectivity index (χ0n) is 17.7. The van der Waals surface area contributed by atoms with Crippen LogP contribution in [0.5, 0.6) is 0 Å². The maximum atomic E-state index is 4.66. The molecule has 0 bridgehead atoms. The number of hydrogen-bond acceptors (Lipinski definition) is 6. The van der Waals surface area contributed by atoms with Gasteiger partial charge >= 0.3 is 0 Å². The summed E-state index contributed by atoms with van der Waals surface area (Å²) in [5.74, 6) is 2.48. The average molecular weight is 424 g/mol. The van der Waals surface area contributed by atoms with Gasteiger partial charge in [-0.05, 0) is 31.9 Å². The maximum Gasteiger partial charge on any atom is 0.191 e. The summed E-state index contributed by atoms with van der Waals surface area (Å²) in [5.41, 5.74) is 0. The lowest BCUT2D eigenvalue weighted by Crippen LogP contribution is -2.37. The van der Waals surface area contributed by atoms with Gasteiger partial charge in [0.15, 0.2) is 11.1 Å². The molecule has 0 aliphatic carbocycles. The van der Waals surface area contributed by atoms with Crippen molar-refractivity contribution in [1.29, 1.82) is 0 Å². The molecule has 0 aromatic carbocycles. The topological polar surface area (TPSA) is 80.0 Å². The summed E-state index contributed by atoms with van der Waals surface area (Å²) in [5, 5.41) is 17.5. The van der Waals surface area contributed by atoms with Crippen LogP contribution in [-0.4, -0.2) is 45.1 Å². The third-order valence-corrected chi connectivity index (χ3v) is 5.85. The Hall–Kier alpha value is -1.61. The van der Waals surface area contributed by atoms with E-state index < -0.39 is 0 Å². The molecule has 9 heteroatoms. The van der Waals surface area contributed by atoms with E-state index in [2.05, 4.69) is 69.3 Å². The smallest absolute Gasteiger partial charge is 0.191 e. The van der Waals surface area contributed by atoms with Crippen LogP contribution in [0, 0.1) is 5.92 Å². The molecule has 0 amide bonds. The summed E-state index contributed by atoms with van der Waals surface area (Å²) < 4.78 is 2.25. The molecule has 2 rings (SSSR count). The Balaban J connectivity index is 1.85. The number of hydrogen-bond donors (Lipinski definition) is 2. The molecule has 2 aromatic rings. The molecule has 0 fully saturated rings. The molecule has 7 nitrogen and oxygen atoms in total. The van der Waals surface area contributed by atoms with Crippen LogP contribution in [0.4, 0.5) is 0 Å².